The van der Waals surface area contributed by atoms with Crippen LogP contribution in [0.25, 0.3) is 0 Å². The van der Waals surface area contributed by atoms with E-state index in [1.165, 1.54) is 0 Å². The predicted octanol–water partition coefficient (Wildman–Crippen LogP) is 1.65. The molecule has 1 rings (SSSR count). The first-order chi connectivity index (χ1) is 5.83. The smallest absolute Gasteiger partial charge is 0.146 e. The number of thioether (sulfide) groups is 1. The van der Waals surface area contributed by atoms with Crippen LogP contribution >= 0.6 is 11.8 Å². The summed E-state index contributed by atoms with van der Waals surface area (Å²) >= 11 is 1.84. The number of nitrogens with two attached hydrogens (primary N) is 1. The second kappa shape index (κ2) is 5.22. The van der Waals surface area contributed by atoms with Crippen molar-refractivity contribution in [3.05, 3.63) is 18.0 Å². The molecule has 0 saturated carbocycles. The molecule has 1 unspecified atom stereocenters. The minimum atomic E-state index is 0.597. The van der Waals surface area contributed by atoms with E-state index in [2.05, 4.69) is 12.1 Å². The third-order valence-corrected chi connectivity index (χ3v) is 2.83. The predicted molar refractivity (Wildman–Crippen MR) is 50.9 cm³/mol. The van der Waals surface area contributed by atoms with E-state index in [1.807, 2.05) is 17.8 Å². The van der Waals surface area contributed by atoms with Crippen molar-refractivity contribution in [1.29, 1.82) is 0 Å². The molecule has 0 radical (unpaired) electrons. The number of nitrogens with zero attached hydrogens (tertiary/aromatic N) is 1. The zero-order valence-corrected chi connectivity index (χ0v) is 8.01. The van der Waals surface area contributed by atoms with Crippen LogP contribution in [0.15, 0.2) is 16.8 Å². The van der Waals surface area contributed by atoms with Crippen LogP contribution in [0.2, 0.25) is 0 Å². The van der Waals surface area contributed by atoms with Crippen LogP contribution in [0.5, 0.6) is 0 Å². The second-order valence-corrected chi connectivity index (χ2v) is 4.10. The maximum atomic E-state index is 5.43. The molecular weight excluding hydrogens is 172 g/mol. The van der Waals surface area contributed by atoms with E-state index in [0.29, 0.717) is 5.25 Å². The van der Waals surface area contributed by atoms with Gasteiger partial charge in [-0.3, -0.25) is 0 Å². The Morgan fingerprint density at radius 3 is 3.17 bits per heavy atom. The average Bonchev–Trinajstić information content (AvgIpc) is 2.53. The van der Waals surface area contributed by atoms with Crippen LogP contribution in [0.1, 0.15) is 19.1 Å². The SMILES string of the molecule is CC(CCN)SCc1ccno1. The summed E-state index contributed by atoms with van der Waals surface area (Å²) in [7, 11) is 0. The number of aromatic nitrogens is 1. The molecule has 12 heavy (non-hydrogen) atoms. The molecule has 0 saturated heterocycles. The van der Waals surface area contributed by atoms with E-state index < -0.39 is 0 Å². The monoisotopic (exact) mass is 186 g/mol. The molecule has 0 aliphatic carbocycles. The summed E-state index contributed by atoms with van der Waals surface area (Å²) in [5.41, 5.74) is 5.43. The first kappa shape index (κ1) is 9.61. The van der Waals surface area contributed by atoms with Gasteiger partial charge in [-0.25, -0.2) is 0 Å². The molecule has 0 spiro atoms. The van der Waals surface area contributed by atoms with Crippen LogP contribution in [0.3, 0.4) is 0 Å². The van der Waals surface area contributed by atoms with Crippen molar-refractivity contribution in [2.24, 2.45) is 5.73 Å². The van der Waals surface area contributed by atoms with Gasteiger partial charge in [0, 0.05) is 11.3 Å². The van der Waals surface area contributed by atoms with Gasteiger partial charge in [0.2, 0.25) is 0 Å². The lowest BCUT2D eigenvalue weighted by molar-refractivity contribution is 0.395. The molecule has 0 aliphatic rings. The Hall–Kier alpha value is -0.480. The van der Waals surface area contributed by atoms with Crippen molar-refractivity contribution in [3.63, 3.8) is 0 Å². The van der Waals surface area contributed by atoms with E-state index in [4.69, 9.17) is 10.3 Å². The van der Waals surface area contributed by atoms with Gasteiger partial charge in [-0.2, -0.15) is 11.8 Å². The highest BCUT2D eigenvalue weighted by atomic mass is 32.2. The van der Waals surface area contributed by atoms with E-state index in [-0.39, 0.29) is 0 Å². The van der Waals surface area contributed by atoms with Gasteiger partial charge in [0.15, 0.2) is 0 Å². The summed E-state index contributed by atoms with van der Waals surface area (Å²) in [5, 5.41) is 4.23. The molecule has 2 N–H and O–H groups in total. The Kier molecular flexibility index (Phi) is 4.18. The molecule has 4 heteroatoms. The summed E-state index contributed by atoms with van der Waals surface area (Å²) in [5.74, 6) is 1.82. The van der Waals surface area contributed by atoms with Crippen molar-refractivity contribution < 1.29 is 4.52 Å². The lowest BCUT2D eigenvalue weighted by Gasteiger charge is -2.06. The largest absolute Gasteiger partial charge is 0.361 e. The summed E-state index contributed by atoms with van der Waals surface area (Å²) in [6.07, 6.45) is 2.72. The number of hydrogen-bond acceptors (Lipinski definition) is 4. The zero-order chi connectivity index (χ0) is 8.81. The highest BCUT2D eigenvalue weighted by Crippen LogP contribution is 2.18. The summed E-state index contributed by atoms with van der Waals surface area (Å²) in [4.78, 5) is 0. The highest BCUT2D eigenvalue weighted by Gasteiger charge is 2.03. The van der Waals surface area contributed by atoms with E-state index in [0.717, 1.165) is 24.5 Å². The molecule has 3 nitrogen and oxygen atoms in total. The van der Waals surface area contributed by atoms with Gasteiger partial charge in [0.05, 0.1) is 11.9 Å². The molecule has 0 fully saturated rings. The van der Waals surface area contributed by atoms with Gasteiger partial charge >= 0.3 is 0 Å². The zero-order valence-electron chi connectivity index (χ0n) is 7.19. The Balaban J connectivity index is 2.17. The molecule has 0 amide bonds. The lowest BCUT2D eigenvalue weighted by Crippen LogP contribution is -2.06. The van der Waals surface area contributed by atoms with Gasteiger partial charge < -0.3 is 10.3 Å². The Morgan fingerprint density at radius 2 is 2.58 bits per heavy atom. The normalized spacial score (nSPS) is 13.2. The van der Waals surface area contributed by atoms with Gasteiger partial charge in [-0.1, -0.05) is 12.1 Å². The Bertz CT molecular complexity index is 201. The summed E-state index contributed by atoms with van der Waals surface area (Å²) in [6, 6.07) is 1.89. The molecule has 1 atom stereocenters. The topological polar surface area (TPSA) is 52.0 Å². The van der Waals surface area contributed by atoms with E-state index >= 15 is 0 Å². The number of hydrogen-bond donors (Lipinski definition) is 1. The van der Waals surface area contributed by atoms with Crippen molar-refractivity contribution >= 4 is 11.8 Å². The van der Waals surface area contributed by atoms with Crippen LogP contribution in [0, 0.1) is 0 Å². The van der Waals surface area contributed by atoms with Crippen LogP contribution in [-0.4, -0.2) is 17.0 Å². The molecule has 1 heterocycles. The quantitative estimate of drug-likeness (QED) is 0.759. The van der Waals surface area contributed by atoms with Gasteiger partial charge in [0.25, 0.3) is 0 Å². The van der Waals surface area contributed by atoms with Gasteiger partial charge in [0.1, 0.15) is 5.76 Å². The minimum absolute atomic E-state index is 0.597. The Labute approximate surface area is 76.7 Å². The summed E-state index contributed by atoms with van der Waals surface area (Å²) < 4.78 is 4.96. The fourth-order valence-corrected chi connectivity index (χ4v) is 1.76. The van der Waals surface area contributed by atoms with Gasteiger partial charge in [-0.15, -0.1) is 0 Å². The lowest BCUT2D eigenvalue weighted by atomic mass is 10.3. The van der Waals surface area contributed by atoms with Crippen LogP contribution in [0.4, 0.5) is 0 Å². The Morgan fingerprint density at radius 1 is 1.75 bits per heavy atom. The third kappa shape index (κ3) is 3.28. The van der Waals surface area contributed by atoms with E-state index in [1.54, 1.807) is 6.20 Å². The molecule has 0 aliphatic heterocycles. The third-order valence-electron chi connectivity index (χ3n) is 1.57. The van der Waals surface area contributed by atoms with Crippen molar-refractivity contribution in [2.45, 2.75) is 24.3 Å². The van der Waals surface area contributed by atoms with Gasteiger partial charge in [-0.05, 0) is 13.0 Å². The van der Waals surface area contributed by atoms with Crippen LogP contribution < -0.4 is 5.73 Å². The van der Waals surface area contributed by atoms with E-state index in [9.17, 15) is 0 Å². The fourth-order valence-electron chi connectivity index (χ4n) is 0.859. The first-order valence-electron chi connectivity index (χ1n) is 4.04. The minimum Gasteiger partial charge on any atom is -0.361 e. The van der Waals surface area contributed by atoms with Crippen molar-refractivity contribution in [2.75, 3.05) is 6.54 Å². The molecular formula is C8H14N2OS. The molecule has 68 valence electrons. The van der Waals surface area contributed by atoms with Crippen molar-refractivity contribution in [1.82, 2.24) is 5.16 Å². The number of rotatable bonds is 5. The molecule has 0 aromatic carbocycles. The average molecular weight is 186 g/mol. The molecule has 1 aromatic heterocycles. The summed E-state index contributed by atoms with van der Waals surface area (Å²) in [6.45, 7) is 2.93. The van der Waals surface area contributed by atoms with Crippen molar-refractivity contribution in [3.8, 4) is 0 Å². The molecule has 1 aromatic rings. The second-order valence-electron chi connectivity index (χ2n) is 2.68. The fraction of sp³-hybridized carbons (Fsp3) is 0.625. The molecule has 0 bridgehead atoms. The van der Waals surface area contributed by atoms with Crippen LogP contribution in [-0.2, 0) is 5.75 Å². The first-order valence-corrected chi connectivity index (χ1v) is 5.09. The highest BCUT2D eigenvalue weighted by molar-refractivity contribution is 7.99. The maximum absolute atomic E-state index is 5.43. The standard InChI is InChI=1S/C8H14N2OS/c1-7(2-4-9)12-6-8-3-5-10-11-8/h3,5,7H,2,4,6,9H2,1H3. The maximum Gasteiger partial charge on any atom is 0.146 e.